The molecule has 1 aromatic rings. The number of benzene rings is 1. The number of carbonyl (C=O) groups excluding carboxylic acids is 2. The molecule has 0 bridgehead atoms. The topological polar surface area (TPSA) is 61.9 Å². The molecule has 1 saturated carbocycles. The fourth-order valence-electron chi connectivity index (χ4n) is 3.88. The molecule has 1 N–H and O–H groups in total. The van der Waals surface area contributed by atoms with Crippen molar-refractivity contribution in [3.8, 4) is 5.75 Å². The first kappa shape index (κ1) is 21.4. The second kappa shape index (κ2) is 9.47. The lowest BCUT2D eigenvalue weighted by molar-refractivity contribution is -0.274. The molecule has 1 saturated heterocycles. The van der Waals surface area contributed by atoms with E-state index in [1.807, 2.05) is 9.80 Å². The largest absolute Gasteiger partial charge is 0.573 e. The Morgan fingerprint density at radius 1 is 1.00 bits per heavy atom. The Labute approximate surface area is 168 Å². The molecule has 160 valence electrons. The third-order valence-corrected chi connectivity index (χ3v) is 5.38. The monoisotopic (exact) mass is 413 g/mol. The number of nitrogens with one attached hydrogen (secondary N) is 1. The summed E-state index contributed by atoms with van der Waals surface area (Å²) in [6.07, 6.45) is 0.679. The number of ether oxygens (including phenoxy) is 1. The van der Waals surface area contributed by atoms with E-state index in [2.05, 4.69) is 10.1 Å². The maximum atomic E-state index is 12.6. The SMILES string of the molecule is O=C(CN1CCN(C(=O)C2CCCCC2)CC1)Nc1ccc(OC(F)(F)F)cc1. The highest BCUT2D eigenvalue weighted by molar-refractivity contribution is 5.92. The third kappa shape index (κ3) is 6.62. The van der Waals surface area contributed by atoms with E-state index < -0.39 is 6.36 Å². The number of alkyl halides is 3. The van der Waals surface area contributed by atoms with E-state index in [4.69, 9.17) is 0 Å². The summed E-state index contributed by atoms with van der Waals surface area (Å²) >= 11 is 0. The fraction of sp³-hybridized carbons (Fsp3) is 0.600. The van der Waals surface area contributed by atoms with Crippen LogP contribution < -0.4 is 10.1 Å². The molecule has 0 unspecified atom stereocenters. The van der Waals surface area contributed by atoms with Crippen LogP contribution in [0.4, 0.5) is 18.9 Å². The number of rotatable bonds is 5. The van der Waals surface area contributed by atoms with Crippen LogP contribution in [-0.2, 0) is 9.59 Å². The van der Waals surface area contributed by atoms with Crippen molar-refractivity contribution < 1.29 is 27.5 Å². The first-order chi connectivity index (χ1) is 13.8. The average molecular weight is 413 g/mol. The lowest BCUT2D eigenvalue weighted by Crippen LogP contribution is -2.52. The van der Waals surface area contributed by atoms with Crippen molar-refractivity contribution in [1.82, 2.24) is 9.80 Å². The zero-order valence-corrected chi connectivity index (χ0v) is 16.2. The molecule has 3 rings (SSSR count). The molecule has 0 aromatic heterocycles. The standard InChI is InChI=1S/C20H26F3N3O3/c21-20(22,23)29-17-8-6-16(7-9-17)24-18(27)14-25-10-12-26(13-11-25)19(28)15-4-2-1-3-5-15/h6-9,15H,1-5,10-14H2,(H,24,27). The highest BCUT2D eigenvalue weighted by Gasteiger charge is 2.31. The zero-order valence-electron chi connectivity index (χ0n) is 16.2. The molecule has 1 aliphatic carbocycles. The zero-order chi connectivity index (χ0) is 20.9. The summed E-state index contributed by atoms with van der Waals surface area (Å²) in [6, 6.07) is 5.02. The number of piperazine rings is 1. The number of anilines is 1. The van der Waals surface area contributed by atoms with E-state index >= 15 is 0 Å². The number of amides is 2. The van der Waals surface area contributed by atoms with Gasteiger partial charge < -0.3 is 15.0 Å². The van der Waals surface area contributed by atoms with E-state index in [1.165, 1.54) is 18.6 Å². The molecule has 9 heteroatoms. The van der Waals surface area contributed by atoms with Crippen LogP contribution in [0.1, 0.15) is 32.1 Å². The van der Waals surface area contributed by atoms with Crippen LogP contribution in [0, 0.1) is 5.92 Å². The Hall–Kier alpha value is -2.29. The maximum absolute atomic E-state index is 12.6. The van der Waals surface area contributed by atoms with Gasteiger partial charge in [0.1, 0.15) is 5.75 Å². The molecule has 1 aliphatic heterocycles. The lowest BCUT2D eigenvalue weighted by atomic mass is 9.88. The van der Waals surface area contributed by atoms with Gasteiger partial charge >= 0.3 is 6.36 Å². The van der Waals surface area contributed by atoms with Gasteiger partial charge in [-0.1, -0.05) is 19.3 Å². The van der Waals surface area contributed by atoms with Crippen LogP contribution in [-0.4, -0.2) is 60.7 Å². The van der Waals surface area contributed by atoms with Crippen LogP contribution in [0.5, 0.6) is 5.75 Å². The smallest absolute Gasteiger partial charge is 0.406 e. The summed E-state index contributed by atoms with van der Waals surface area (Å²) in [6.45, 7) is 2.67. The molecule has 0 atom stereocenters. The van der Waals surface area contributed by atoms with Crippen molar-refractivity contribution in [2.24, 2.45) is 5.92 Å². The maximum Gasteiger partial charge on any atom is 0.573 e. The van der Waals surface area contributed by atoms with Crippen molar-refractivity contribution in [3.63, 3.8) is 0 Å². The van der Waals surface area contributed by atoms with Gasteiger partial charge in [0.15, 0.2) is 0 Å². The van der Waals surface area contributed by atoms with E-state index in [-0.39, 0.29) is 30.0 Å². The van der Waals surface area contributed by atoms with E-state index in [9.17, 15) is 22.8 Å². The summed E-state index contributed by atoms with van der Waals surface area (Å²) in [7, 11) is 0. The minimum atomic E-state index is -4.74. The molecule has 2 aliphatic rings. The van der Waals surface area contributed by atoms with Gasteiger partial charge in [0.05, 0.1) is 6.54 Å². The predicted molar refractivity (Wildman–Crippen MR) is 101 cm³/mol. The van der Waals surface area contributed by atoms with Gasteiger partial charge in [0, 0.05) is 37.8 Å². The summed E-state index contributed by atoms with van der Waals surface area (Å²) in [4.78, 5) is 28.7. The van der Waals surface area contributed by atoms with E-state index in [0.717, 1.165) is 37.8 Å². The summed E-state index contributed by atoms with van der Waals surface area (Å²) in [5.41, 5.74) is 0.399. The van der Waals surface area contributed by atoms with Crippen molar-refractivity contribution in [2.75, 3.05) is 38.0 Å². The molecule has 0 spiro atoms. The molecule has 1 heterocycles. The first-order valence-electron chi connectivity index (χ1n) is 9.97. The lowest BCUT2D eigenvalue weighted by Gasteiger charge is -2.36. The van der Waals surface area contributed by atoms with Crippen molar-refractivity contribution in [3.05, 3.63) is 24.3 Å². The van der Waals surface area contributed by atoms with Crippen LogP contribution in [0.2, 0.25) is 0 Å². The number of halogens is 3. The van der Waals surface area contributed by atoms with Crippen molar-refractivity contribution in [2.45, 2.75) is 38.5 Å². The Morgan fingerprint density at radius 3 is 2.21 bits per heavy atom. The van der Waals surface area contributed by atoms with Gasteiger partial charge in [-0.25, -0.2) is 0 Å². The molecule has 2 amide bonds. The number of carbonyl (C=O) groups is 2. The van der Waals surface area contributed by atoms with Gasteiger partial charge in [-0.2, -0.15) is 0 Å². The van der Waals surface area contributed by atoms with E-state index in [0.29, 0.717) is 31.9 Å². The second-order valence-electron chi connectivity index (χ2n) is 7.56. The Bertz CT molecular complexity index is 695. The molecule has 1 aromatic carbocycles. The first-order valence-corrected chi connectivity index (χ1v) is 9.97. The van der Waals surface area contributed by atoms with Gasteiger partial charge in [-0.3, -0.25) is 14.5 Å². The number of nitrogens with zero attached hydrogens (tertiary/aromatic N) is 2. The highest BCUT2D eigenvalue weighted by atomic mass is 19.4. The average Bonchev–Trinajstić information content (AvgIpc) is 2.69. The summed E-state index contributed by atoms with van der Waals surface area (Å²) < 4.78 is 40.3. The molecular formula is C20H26F3N3O3. The van der Waals surface area contributed by atoms with Crippen LogP contribution in [0.3, 0.4) is 0 Å². The minimum Gasteiger partial charge on any atom is -0.406 e. The number of hydrogen-bond donors (Lipinski definition) is 1. The van der Waals surface area contributed by atoms with Gasteiger partial charge in [0.2, 0.25) is 11.8 Å². The summed E-state index contributed by atoms with van der Waals surface area (Å²) in [5.74, 6) is -0.186. The van der Waals surface area contributed by atoms with Crippen LogP contribution in [0.25, 0.3) is 0 Å². The highest BCUT2D eigenvalue weighted by Crippen LogP contribution is 2.26. The van der Waals surface area contributed by atoms with Gasteiger partial charge in [-0.05, 0) is 37.1 Å². The normalized spacial score (nSPS) is 19.1. The van der Waals surface area contributed by atoms with E-state index in [1.54, 1.807) is 0 Å². The molecular weight excluding hydrogens is 387 g/mol. The fourth-order valence-corrected chi connectivity index (χ4v) is 3.88. The number of hydrogen-bond acceptors (Lipinski definition) is 4. The Balaban J connectivity index is 1.41. The molecule has 29 heavy (non-hydrogen) atoms. The molecule has 6 nitrogen and oxygen atoms in total. The predicted octanol–water partition coefficient (Wildman–Crippen LogP) is 3.25. The van der Waals surface area contributed by atoms with Crippen molar-refractivity contribution >= 4 is 17.5 Å². The molecule has 0 radical (unpaired) electrons. The van der Waals surface area contributed by atoms with Crippen LogP contribution in [0.15, 0.2) is 24.3 Å². The minimum absolute atomic E-state index is 0.155. The Morgan fingerprint density at radius 2 is 1.62 bits per heavy atom. The van der Waals surface area contributed by atoms with Gasteiger partial charge in [0.25, 0.3) is 0 Å². The van der Waals surface area contributed by atoms with Crippen molar-refractivity contribution in [1.29, 1.82) is 0 Å². The molecule has 2 fully saturated rings. The van der Waals surface area contributed by atoms with Gasteiger partial charge in [-0.15, -0.1) is 13.2 Å². The third-order valence-electron chi connectivity index (χ3n) is 5.38. The quantitative estimate of drug-likeness (QED) is 0.805. The van der Waals surface area contributed by atoms with Crippen LogP contribution >= 0.6 is 0 Å². The Kier molecular flexibility index (Phi) is 7.00. The second-order valence-corrected chi connectivity index (χ2v) is 7.56. The summed E-state index contributed by atoms with van der Waals surface area (Å²) in [5, 5.41) is 2.67.